The summed E-state index contributed by atoms with van der Waals surface area (Å²) in [5.41, 5.74) is 0. The second kappa shape index (κ2) is 10.6. The molecule has 0 saturated heterocycles. The number of thioether (sulfide) groups is 1. The van der Waals surface area contributed by atoms with Crippen molar-refractivity contribution >= 4 is 24.4 Å². The molecule has 0 bridgehead atoms. The van der Waals surface area contributed by atoms with Gasteiger partial charge in [-0.05, 0) is 23.7 Å². The Bertz CT molecular complexity index is 25.7. The smallest absolute Gasteiger partial charge is 0.00599 e. The summed E-state index contributed by atoms with van der Waals surface area (Å²) in [6, 6.07) is 0. The van der Waals surface area contributed by atoms with Crippen molar-refractivity contribution in [3.63, 3.8) is 0 Å². The lowest BCUT2D eigenvalue weighted by atomic mass is 10.6. The average molecular weight is 152 g/mol. The van der Waals surface area contributed by atoms with Crippen LogP contribution in [0.15, 0.2) is 0 Å². The molecule has 0 fully saturated rings. The monoisotopic (exact) mass is 152 g/mol. The van der Waals surface area contributed by atoms with E-state index in [2.05, 4.69) is 19.6 Å². The molecule has 2 heteroatoms. The maximum atomic E-state index is 4.08. The molecular formula is C6H16S2. The molecule has 52 valence electrons. The standard InChI is InChI=1S/C5H12S2.CH4/c1-2-7-5-3-4-6;/h6H,2-5H2,1H3;1H4. The molecule has 0 N–H and O–H groups in total. The fourth-order valence-corrected chi connectivity index (χ4v) is 1.32. The minimum absolute atomic E-state index is 0. The molecular weight excluding hydrogens is 136 g/mol. The molecule has 0 aliphatic rings. The lowest BCUT2D eigenvalue weighted by Crippen LogP contribution is -1.79. The first-order valence-electron chi connectivity index (χ1n) is 2.60. The summed E-state index contributed by atoms with van der Waals surface area (Å²) >= 11 is 6.06. The van der Waals surface area contributed by atoms with E-state index in [-0.39, 0.29) is 7.43 Å². The van der Waals surface area contributed by atoms with Crippen molar-refractivity contribution in [2.45, 2.75) is 20.8 Å². The molecule has 0 radical (unpaired) electrons. The third-order valence-corrected chi connectivity index (χ3v) is 1.95. The lowest BCUT2D eigenvalue weighted by Gasteiger charge is -1.90. The van der Waals surface area contributed by atoms with Gasteiger partial charge in [0.05, 0.1) is 0 Å². The molecule has 0 amide bonds. The van der Waals surface area contributed by atoms with Crippen molar-refractivity contribution in [2.24, 2.45) is 0 Å². The highest BCUT2D eigenvalue weighted by Gasteiger charge is 1.80. The van der Waals surface area contributed by atoms with Crippen molar-refractivity contribution in [3.8, 4) is 0 Å². The van der Waals surface area contributed by atoms with Crippen molar-refractivity contribution in [1.29, 1.82) is 0 Å². The predicted octanol–water partition coefficient (Wildman–Crippen LogP) is 2.70. The van der Waals surface area contributed by atoms with Gasteiger partial charge in [-0.1, -0.05) is 14.4 Å². The Morgan fingerprint density at radius 1 is 1.50 bits per heavy atom. The predicted molar refractivity (Wildman–Crippen MR) is 48.2 cm³/mol. The molecule has 8 heavy (non-hydrogen) atoms. The zero-order valence-corrected chi connectivity index (χ0v) is 6.39. The maximum Gasteiger partial charge on any atom is -0.00599 e. The van der Waals surface area contributed by atoms with E-state index >= 15 is 0 Å². The van der Waals surface area contributed by atoms with Crippen LogP contribution < -0.4 is 0 Å². The van der Waals surface area contributed by atoms with Crippen LogP contribution in [0.3, 0.4) is 0 Å². The molecule has 0 aromatic carbocycles. The fraction of sp³-hybridized carbons (Fsp3) is 1.00. The van der Waals surface area contributed by atoms with Gasteiger partial charge in [0.2, 0.25) is 0 Å². The van der Waals surface area contributed by atoms with Gasteiger partial charge in [0.25, 0.3) is 0 Å². The largest absolute Gasteiger partial charge is 0.179 e. The number of hydrogen-bond donors (Lipinski definition) is 1. The molecule has 0 atom stereocenters. The topological polar surface area (TPSA) is 0 Å². The van der Waals surface area contributed by atoms with Crippen molar-refractivity contribution in [1.82, 2.24) is 0 Å². The zero-order chi connectivity index (χ0) is 5.54. The molecule has 0 rings (SSSR count). The van der Waals surface area contributed by atoms with Crippen LogP contribution in [0, 0.1) is 0 Å². The minimum atomic E-state index is 0. The summed E-state index contributed by atoms with van der Waals surface area (Å²) in [7, 11) is 0. The van der Waals surface area contributed by atoms with E-state index in [9.17, 15) is 0 Å². The summed E-state index contributed by atoms with van der Waals surface area (Å²) in [5, 5.41) is 0. The fourth-order valence-electron chi connectivity index (χ4n) is 0.311. The first kappa shape index (κ1) is 11.5. The summed E-state index contributed by atoms with van der Waals surface area (Å²) in [4.78, 5) is 0. The molecule has 0 aromatic heterocycles. The zero-order valence-electron chi connectivity index (χ0n) is 4.68. The lowest BCUT2D eigenvalue weighted by molar-refractivity contribution is 1.13. The van der Waals surface area contributed by atoms with Gasteiger partial charge in [0.15, 0.2) is 0 Å². The van der Waals surface area contributed by atoms with E-state index in [1.54, 1.807) is 0 Å². The Balaban J connectivity index is 0. The van der Waals surface area contributed by atoms with Crippen molar-refractivity contribution in [2.75, 3.05) is 17.3 Å². The molecule has 0 unspecified atom stereocenters. The van der Waals surface area contributed by atoms with Gasteiger partial charge in [-0.25, -0.2) is 0 Å². The summed E-state index contributed by atoms with van der Waals surface area (Å²) in [6.07, 6.45) is 1.25. The number of rotatable bonds is 4. The summed E-state index contributed by atoms with van der Waals surface area (Å²) < 4.78 is 0. The molecule has 0 nitrogen and oxygen atoms in total. The van der Waals surface area contributed by atoms with Crippen LogP contribution in [0.1, 0.15) is 20.8 Å². The van der Waals surface area contributed by atoms with Gasteiger partial charge in [0, 0.05) is 0 Å². The molecule has 0 aromatic rings. The van der Waals surface area contributed by atoms with Crippen LogP contribution in [0.2, 0.25) is 0 Å². The Hall–Kier alpha value is 0.700. The van der Waals surface area contributed by atoms with E-state index in [0.29, 0.717) is 0 Å². The van der Waals surface area contributed by atoms with Crippen LogP contribution in [-0.4, -0.2) is 17.3 Å². The van der Waals surface area contributed by atoms with Gasteiger partial charge in [-0.3, -0.25) is 0 Å². The van der Waals surface area contributed by atoms with E-state index in [1.165, 1.54) is 17.9 Å². The summed E-state index contributed by atoms with van der Waals surface area (Å²) in [6.45, 7) is 2.18. The Morgan fingerprint density at radius 3 is 2.50 bits per heavy atom. The van der Waals surface area contributed by atoms with Gasteiger partial charge in [-0.15, -0.1) is 0 Å². The average Bonchev–Trinajstić information content (AvgIpc) is 1.69. The second-order valence-corrected chi connectivity index (χ2v) is 3.12. The van der Waals surface area contributed by atoms with Crippen LogP contribution in [-0.2, 0) is 0 Å². The molecule has 0 heterocycles. The normalized spacial score (nSPS) is 8.25. The molecule has 0 saturated carbocycles. The van der Waals surface area contributed by atoms with Crippen molar-refractivity contribution < 1.29 is 0 Å². The SMILES string of the molecule is C.CCSCCCS. The van der Waals surface area contributed by atoms with Gasteiger partial charge >= 0.3 is 0 Å². The Labute approximate surface area is 62.8 Å². The first-order chi connectivity index (χ1) is 3.41. The highest BCUT2D eigenvalue weighted by atomic mass is 32.2. The highest BCUT2D eigenvalue weighted by molar-refractivity contribution is 7.99. The molecule has 0 aliphatic heterocycles. The Morgan fingerprint density at radius 2 is 2.12 bits per heavy atom. The van der Waals surface area contributed by atoms with E-state index in [0.717, 1.165) is 5.75 Å². The molecule has 0 spiro atoms. The third-order valence-electron chi connectivity index (χ3n) is 0.651. The van der Waals surface area contributed by atoms with Gasteiger partial charge in [-0.2, -0.15) is 24.4 Å². The van der Waals surface area contributed by atoms with Crippen LogP contribution >= 0.6 is 24.4 Å². The van der Waals surface area contributed by atoms with E-state index in [1.807, 2.05) is 11.8 Å². The second-order valence-electron chi connectivity index (χ2n) is 1.27. The van der Waals surface area contributed by atoms with E-state index < -0.39 is 0 Å². The number of thiol groups is 1. The van der Waals surface area contributed by atoms with Crippen LogP contribution in [0.5, 0.6) is 0 Å². The minimum Gasteiger partial charge on any atom is -0.179 e. The highest BCUT2D eigenvalue weighted by Crippen LogP contribution is 2.00. The number of hydrogen-bond acceptors (Lipinski definition) is 2. The van der Waals surface area contributed by atoms with Crippen LogP contribution in [0.4, 0.5) is 0 Å². The first-order valence-corrected chi connectivity index (χ1v) is 4.39. The van der Waals surface area contributed by atoms with E-state index in [4.69, 9.17) is 0 Å². The summed E-state index contributed by atoms with van der Waals surface area (Å²) in [5.74, 6) is 3.56. The van der Waals surface area contributed by atoms with Crippen LogP contribution in [0.25, 0.3) is 0 Å². The van der Waals surface area contributed by atoms with Crippen molar-refractivity contribution in [3.05, 3.63) is 0 Å². The third kappa shape index (κ3) is 9.85. The van der Waals surface area contributed by atoms with Gasteiger partial charge < -0.3 is 0 Å². The van der Waals surface area contributed by atoms with Gasteiger partial charge in [0.1, 0.15) is 0 Å². The maximum absolute atomic E-state index is 4.08. The molecule has 0 aliphatic carbocycles. The quantitative estimate of drug-likeness (QED) is 0.477. The Kier molecular flexibility index (Phi) is 15.3.